The highest BCUT2D eigenvalue weighted by Crippen LogP contribution is 2.30. The molecule has 31 heavy (non-hydrogen) atoms. The van der Waals surface area contributed by atoms with E-state index in [4.69, 9.17) is 0 Å². The third kappa shape index (κ3) is 3.45. The first-order valence-corrected chi connectivity index (χ1v) is 10.5. The molecule has 0 saturated carbocycles. The molecule has 2 aromatic heterocycles. The average Bonchev–Trinajstić information content (AvgIpc) is 3.36. The fourth-order valence-corrected chi connectivity index (χ4v) is 4.61. The molecule has 3 aromatic carbocycles. The number of carbonyl (C=O) groups excluding carboxylic acids is 1. The Morgan fingerprint density at radius 3 is 2.68 bits per heavy atom. The largest absolute Gasteiger partial charge is 0.507 e. The molecule has 152 valence electrons. The van der Waals surface area contributed by atoms with E-state index in [1.807, 2.05) is 78.3 Å². The number of benzene rings is 3. The van der Waals surface area contributed by atoms with Gasteiger partial charge in [0.2, 0.25) is 0 Å². The van der Waals surface area contributed by atoms with E-state index < -0.39 is 0 Å². The molecule has 0 saturated heterocycles. The standard InChI is InChI=1S/C24H18N4O2S/c1-15-19-13-22(31-24(19)28(27-15)17-8-3-2-4-9-17)23(30)26-25-14-20-18-10-6-5-7-16(18)11-12-21(20)29/h2-14,29H,1H3,(H,26,30). The van der Waals surface area contributed by atoms with Gasteiger partial charge in [0.25, 0.3) is 5.91 Å². The Labute approximate surface area is 182 Å². The van der Waals surface area contributed by atoms with Crippen LogP contribution in [0.4, 0.5) is 0 Å². The van der Waals surface area contributed by atoms with Gasteiger partial charge in [-0.15, -0.1) is 11.3 Å². The van der Waals surface area contributed by atoms with Crippen LogP contribution < -0.4 is 5.43 Å². The molecule has 0 radical (unpaired) electrons. The van der Waals surface area contributed by atoms with Gasteiger partial charge in [-0.1, -0.05) is 48.5 Å². The topological polar surface area (TPSA) is 79.5 Å². The van der Waals surface area contributed by atoms with Crippen molar-refractivity contribution in [1.29, 1.82) is 0 Å². The lowest BCUT2D eigenvalue weighted by Gasteiger charge is -2.04. The molecule has 0 atom stereocenters. The summed E-state index contributed by atoms with van der Waals surface area (Å²) in [6, 6.07) is 22.8. The molecule has 1 amide bonds. The third-order valence-corrected chi connectivity index (χ3v) is 6.19. The lowest BCUT2D eigenvalue weighted by molar-refractivity contribution is 0.0959. The van der Waals surface area contributed by atoms with E-state index in [1.165, 1.54) is 17.6 Å². The van der Waals surface area contributed by atoms with E-state index in [1.54, 1.807) is 6.07 Å². The number of aromatic nitrogens is 2. The lowest BCUT2D eigenvalue weighted by Crippen LogP contribution is -2.16. The zero-order valence-electron chi connectivity index (χ0n) is 16.6. The maximum Gasteiger partial charge on any atom is 0.281 e. The number of hydrazone groups is 1. The van der Waals surface area contributed by atoms with Crippen molar-refractivity contribution in [3.63, 3.8) is 0 Å². The minimum Gasteiger partial charge on any atom is -0.507 e. The number of carbonyl (C=O) groups is 1. The number of nitrogens with one attached hydrogen (secondary N) is 1. The summed E-state index contributed by atoms with van der Waals surface area (Å²) in [4.78, 5) is 14.2. The van der Waals surface area contributed by atoms with Crippen molar-refractivity contribution in [2.45, 2.75) is 6.92 Å². The molecule has 5 aromatic rings. The van der Waals surface area contributed by atoms with Gasteiger partial charge in [0.1, 0.15) is 10.6 Å². The molecule has 2 heterocycles. The van der Waals surface area contributed by atoms with Gasteiger partial charge in [-0.25, -0.2) is 10.1 Å². The molecule has 0 bridgehead atoms. The van der Waals surface area contributed by atoms with Crippen LogP contribution >= 0.6 is 11.3 Å². The predicted octanol–water partition coefficient (Wildman–Crippen LogP) is 5.02. The molecule has 5 rings (SSSR count). The first-order valence-electron chi connectivity index (χ1n) is 9.70. The SMILES string of the molecule is Cc1nn(-c2ccccc2)c2sc(C(=O)NN=Cc3c(O)ccc4ccccc34)cc12. The number of hydrogen-bond acceptors (Lipinski definition) is 5. The number of rotatable bonds is 4. The van der Waals surface area contributed by atoms with E-state index in [2.05, 4.69) is 15.6 Å². The third-order valence-electron chi connectivity index (χ3n) is 5.08. The fourth-order valence-electron chi connectivity index (χ4n) is 3.53. The van der Waals surface area contributed by atoms with Crippen LogP contribution in [-0.2, 0) is 0 Å². The minimum absolute atomic E-state index is 0.108. The molecule has 2 N–H and O–H groups in total. The molecule has 6 nitrogen and oxygen atoms in total. The second kappa shape index (κ2) is 7.70. The Balaban J connectivity index is 1.42. The second-order valence-corrected chi connectivity index (χ2v) is 8.11. The number of amides is 1. The molecule has 0 spiro atoms. The normalized spacial score (nSPS) is 11.5. The van der Waals surface area contributed by atoms with Gasteiger partial charge >= 0.3 is 0 Å². The zero-order chi connectivity index (χ0) is 21.4. The van der Waals surface area contributed by atoms with Crippen LogP contribution in [0.5, 0.6) is 5.75 Å². The number of para-hydroxylation sites is 1. The van der Waals surface area contributed by atoms with Crippen LogP contribution in [0.2, 0.25) is 0 Å². The molecule has 0 aliphatic heterocycles. The summed E-state index contributed by atoms with van der Waals surface area (Å²) >= 11 is 1.36. The molecule has 0 aliphatic rings. The first-order chi connectivity index (χ1) is 15.1. The first kappa shape index (κ1) is 19.0. The summed E-state index contributed by atoms with van der Waals surface area (Å²) in [7, 11) is 0. The number of phenolic OH excluding ortho intramolecular Hbond substituents is 1. The summed E-state index contributed by atoms with van der Waals surface area (Å²) in [5.74, 6) is -0.201. The number of nitrogens with zero attached hydrogens (tertiary/aromatic N) is 3. The van der Waals surface area contributed by atoms with Gasteiger partial charge in [-0.3, -0.25) is 4.79 Å². The Kier molecular flexibility index (Phi) is 4.72. The number of fused-ring (bicyclic) bond motifs is 2. The molecule has 0 unspecified atom stereocenters. The van der Waals surface area contributed by atoms with Crippen molar-refractivity contribution in [2.75, 3.05) is 0 Å². The fraction of sp³-hybridized carbons (Fsp3) is 0.0417. The Bertz CT molecular complexity index is 1450. The smallest absolute Gasteiger partial charge is 0.281 e. The summed E-state index contributed by atoms with van der Waals surface area (Å²) in [5.41, 5.74) is 4.93. The van der Waals surface area contributed by atoms with Crippen LogP contribution in [-0.4, -0.2) is 27.0 Å². The highest BCUT2D eigenvalue weighted by Gasteiger charge is 2.17. The summed E-state index contributed by atoms with van der Waals surface area (Å²) in [6.07, 6.45) is 1.47. The maximum atomic E-state index is 12.7. The quantitative estimate of drug-likeness (QED) is 0.313. The van der Waals surface area contributed by atoms with E-state index in [-0.39, 0.29) is 11.7 Å². The Morgan fingerprint density at radius 2 is 1.84 bits per heavy atom. The van der Waals surface area contributed by atoms with Crippen molar-refractivity contribution >= 4 is 44.4 Å². The van der Waals surface area contributed by atoms with Gasteiger partial charge < -0.3 is 5.11 Å². The summed E-state index contributed by atoms with van der Waals surface area (Å²) in [6.45, 7) is 1.93. The monoisotopic (exact) mass is 426 g/mol. The number of hydrogen-bond donors (Lipinski definition) is 2. The van der Waals surface area contributed by atoms with Gasteiger partial charge in [-0.05, 0) is 42.0 Å². The van der Waals surface area contributed by atoms with Crippen LogP contribution in [0.1, 0.15) is 20.9 Å². The van der Waals surface area contributed by atoms with Gasteiger partial charge in [0.15, 0.2) is 0 Å². The average molecular weight is 427 g/mol. The lowest BCUT2D eigenvalue weighted by atomic mass is 10.0. The summed E-state index contributed by atoms with van der Waals surface area (Å²) in [5, 5.41) is 21.7. The predicted molar refractivity (Wildman–Crippen MR) is 124 cm³/mol. The number of phenols is 1. The van der Waals surface area contributed by atoms with Gasteiger partial charge in [-0.2, -0.15) is 10.2 Å². The van der Waals surface area contributed by atoms with Crippen molar-refractivity contribution < 1.29 is 9.90 Å². The van der Waals surface area contributed by atoms with Gasteiger partial charge in [0, 0.05) is 10.9 Å². The van der Waals surface area contributed by atoms with E-state index in [0.717, 1.165) is 32.4 Å². The number of thiophene rings is 1. The molecule has 0 fully saturated rings. The van der Waals surface area contributed by atoms with Gasteiger partial charge in [0.05, 0.1) is 22.5 Å². The highest BCUT2D eigenvalue weighted by atomic mass is 32.1. The molecule has 0 aliphatic carbocycles. The Hall–Kier alpha value is -3.97. The van der Waals surface area contributed by atoms with Crippen molar-refractivity contribution in [2.24, 2.45) is 5.10 Å². The van der Waals surface area contributed by atoms with Crippen LogP contribution in [0, 0.1) is 6.92 Å². The maximum absolute atomic E-state index is 12.7. The minimum atomic E-state index is -0.309. The summed E-state index contributed by atoms with van der Waals surface area (Å²) < 4.78 is 1.85. The molecular weight excluding hydrogens is 408 g/mol. The van der Waals surface area contributed by atoms with E-state index in [0.29, 0.717) is 10.4 Å². The highest BCUT2D eigenvalue weighted by molar-refractivity contribution is 7.20. The second-order valence-electron chi connectivity index (χ2n) is 7.08. The Morgan fingerprint density at radius 1 is 1.06 bits per heavy atom. The molecule has 7 heteroatoms. The van der Waals surface area contributed by atoms with E-state index in [9.17, 15) is 9.90 Å². The van der Waals surface area contributed by atoms with Crippen molar-refractivity contribution in [1.82, 2.24) is 15.2 Å². The van der Waals surface area contributed by atoms with Crippen LogP contribution in [0.25, 0.3) is 26.7 Å². The van der Waals surface area contributed by atoms with Crippen molar-refractivity contribution in [3.8, 4) is 11.4 Å². The van der Waals surface area contributed by atoms with Crippen LogP contribution in [0.3, 0.4) is 0 Å². The van der Waals surface area contributed by atoms with Crippen molar-refractivity contribution in [3.05, 3.63) is 88.9 Å². The number of aromatic hydroxyl groups is 1. The zero-order valence-corrected chi connectivity index (χ0v) is 17.4. The number of aryl methyl sites for hydroxylation is 1. The molecular formula is C24H18N4O2S. The van der Waals surface area contributed by atoms with Crippen LogP contribution in [0.15, 0.2) is 77.9 Å². The van der Waals surface area contributed by atoms with E-state index >= 15 is 0 Å².